The summed E-state index contributed by atoms with van der Waals surface area (Å²) in [5.74, 6) is -0.0103. The molecule has 0 bridgehead atoms. The molecule has 2 aromatic rings. The Labute approximate surface area is 107 Å². The highest BCUT2D eigenvalue weighted by Crippen LogP contribution is 2.11. The number of allylic oxidation sites excluding steroid dienone is 1. The molecular formula is C15H16N2O. The lowest BCUT2D eigenvalue weighted by Crippen LogP contribution is -1.94. The predicted octanol–water partition coefficient (Wildman–Crippen LogP) is 2.93. The summed E-state index contributed by atoms with van der Waals surface area (Å²) in [5.41, 5.74) is 3.64. The molecule has 0 aliphatic heterocycles. The van der Waals surface area contributed by atoms with Gasteiger partial charge in [-0.05, 0) is 31.1 Å². The van der Waals surface area contributed by atoms with Gasteiger partial charge >= 0.3 is 0 Å². The standard InChI is InChI=1S/C15H16N2O/c1-11-6-4-5-7-13(11)8-9-15(18)14-10-17(3)16-12(14)2/h4-10H,1-3H3. The molecule has 0 atom stereocenters. The smallest absolute Gasteiger partial charge is 0.189 e. The van der Waals surface area contributed by atoms with Crippen molar-refractivity contribution in [3.05, 3.63) is 58.9 Å². The molecule has 0 amide bonds. The zero-order chi connectivity index (χ0) is 13.1. The quantitative estimate of drug-likeness (QED) is 0.610. The SMILES string of the molecule is Cc1ccccc1C=CC(=O)c1cn(C)nc1C. The zero-order valence-electron chi connectivity index (χ0n) is 10.8. The number of carbonyl (C=O) groups excluding carboxylic acids is 1. The second kappa shape index (κ2) is 5.00. The number of aryl methyl sites for hydroxylation is 3. The Bertz CT molecular complexity index is 609. The average molecular weight is 240 g/mol. The minimum absolute atomic E-state index is 0.0103. The topological polar surface area (TPSA) is 34.9 Å². The van der Waals surface area contributed by atoms with E-state index >= 15 is 0 Å². The van der Waals surface area contributed by atoms with Crippen molar-refractivity contribution in [2.24, 2.45) is 7.05 Å². The molecule has 2 rings (SSSR count). The number of carbonyl (C=O) groups is 1. The van der Waals surface area contributed by atoms with Crippen LogP contribution in [0.3, 0.4) is 0 Å². The molecule has 0 radical (unpaired) electrons. The van der Waals surface area contributed by atoms with Gasteiger partial charge in [0.15, 0.2) is 5.78 Å². The van der Waals surface area contributed by atoms with E-state index in [1.807, 2.05) is 51.2 Å². The fourth-order valence-corrected chi connectivity index (χ4v) is 1.87. The van der Waals surface area contributed by atoms with Crippen molar-refractivity contribution >= 4 is 11.9 Å². The summed E-state index contributed by atoms with van der Waals surface area (Å²) in [4.78, 5) is 12.0. The van der Waals surface area contributed by atoms with Crippen molar-refractivity contribution in [1.29, 1.82) is 0 Å². The van der Waals surface area contributed by atoms with E-state index in [1.54, 1.807) is 17.0 Å². The van der Waals surface area contributed by atoms with Gasteiger partial charge in [0.2, 0.25) is 0 Å². The summed E-state index contributed by atoms with van der Waals surface area (Å²) in [6.45, 7) is 3.87. The Morgan fingerprint density at radius 2 is 2.00 bits per heavy atom. The lowest BCUT2D eigenvalue weighted by Gasteiger charge is -1.98. The van der Waals surface area contributed by atoms with Crippen LogP contribution in [0.15, 0.2) is 36.5 Å². The third kappa shape index (κ3) is 2.56. The van der Waals surface area contributed by atoms with E-state index in [1.165, 1.54) is 0 Å². The van der Waals surface area contributed by atoms with Crippen LogP contribution in [0.1, 0.15) is 27.2 Å². The van der Waals surface area contributed by atoms with Gasteiger partial charge in [-0.1, -0.05) is 30.3 Å². The number of hydrogen-bond donors (Lipinski definition) is 0. The Balaban J connectivity index is 2.22. The summed E-state index contributed by atoms with van der Waals surface area (Å²) in [5, 5.41) is 4.17. The largest absolute Gasteiger partial charge is 0.289 e. The maximum atomic E-state index is 12.0. The Morgan fingerprint density at radius 3 is 2.61 bits per heavy atom. The second-order valence-electron chi connectivity index (χ2n) is 4.36. The predicted molar refractivity (Wildman–Crippen MR) is 72.5 cm³/mol. The summed E-state index contributed by atoms with van der Waals surface area (Å²) >= 11 is 0. The van der Waals surface area contributed by atoms with Crippen LogP contribution in [0.2, 0.25) is 0 Å². The zero-order valence-corrected chi connectivity index (χ0v) is 10.8. The van der Waals surface area contributed by atoms with Crippen molar-refractivity contribution in [3.63, 3.8) is 0 Å². The lowest BCUT2D eigenvalue weighted by molar-refractivity contribution is 0.104. The van der Waals surface area contributed by atoms with Crippen molar-refractivity contribution in [2.45, 2.75) is 13.8 Å². The molecular weight excluding hydrogens is 224 g/mol. The molecule has 3 nitrogen and oxygen atoms in total. The second-order valence-corrected chi connectivity index (χ2v) is 4.36. The van der Waals surface area contributed by atoms with E-state index in [9.17, 15) is 4.79 Å². The van der Waals surface area contributed by atoms with Gasteiger partial charge < -0.3 is 0 Å². The number of hydrogen-bond acceptors (Lipinski definition) is 2. The van der Waals surface area contributed by atoms with Crippen molar-refractivity contribution in [2.75, 3.05) is 0 Å². The highest BCUT2D eigenvalue weighted by atomic mass is 16.1. The highest BCUT2D eigenvalue weighted by molar-refractivity contribution is 6.07. The molecule has 3 heteroatoms. The molecule has 0 aliphatic rings. The first-order valence-corrected chi connectivity index (χ1v) is 5.86. The number of nitrogens with zero attached hydrogens (tertiary/aromatic N) is 2. The van der Waals surface area contributed by atoms with E-state index in [2.05, 4.69) is 5.10 Å². The van der Waals surface area contributed by atoms with Crippen LogP contribution in [0.4, 0.5) is 0 Å². The van der Waals surface area contributed by atoms with Crippen LogP contribution in [0, 0.1) is 13.8 Å². The van der Waals surface area contributed by atoms with Gasteiger partial charge in [-0.2, -0.15) is 5.10 Å². The van der Waals surface area contributed by atoms with E-state index in [4.69, 9.17) is 0 Å². The number of rotatable bonds is 3. The van der Waals surface area contributed by atoms with E-state index in [0.717, 1.165) is 16.8 Å². The molecule has 1 heterocycles. The summed E-state index contributed by atoms with van der Waals surface area (Å²) in [6, 6.07) is 7.97. The van der Waals surface area contributed by atoms with Gasteiger partial charge in [0.1, 0.15) is 0 Å². The van der Waals surface area contributed by atoms with Crippen molar-refractivity contribution in [3.8, 4) is 0 Å². The molecule has 18 heavy (non-hydrogen) atoms. The molecule has 1 aromatic carbocycles. The van der Waals surface area contributed by atoms with Crippen LogP contribution in [0.25, 0.3) is 6.08 Å². The molecule has 92 valence electrons. The Morgan fingerprint density at radius 1 is 1.28 bits per heavy atom. The molecule has 0 N–H and O–H groups in total. The van der Waals surface area contributed by atoms with Gasteiger partial charge in [0.05, 0.1) is 11.3 Å². The van der Waals surface area contributed by atoms with Crippen molar-refractivity contribution in [1.82, 2.24) is 9.78 Å². The minimum Gasteiger partial charge on any atom is -0.289 e. The van der Waals surface area contributed by atoms with Crippen LogP contribution >= 0.6 is 0 Å². The van der Waals surface area contributed by atoms with Crippen molar-refractivity contribution < 1.29 is 4.79 Å². The Hall–Kier alpha value is -2.16. The van der Waals surface area contributed by atoms with Gasteiger partial charge in [-0.25, -0.2) is 0 Å². The minimum atomic E-state index is -0.0103. The third-order valence-electron chi connectivity index (χ3n) is 2.88. The fraction of sp³-hybridized carbons (Fsp3) is 0.200. The molecule has 0 unspecified atom stereocenters. The van der Waals surface area contributed by atoms with E-state index < -0.39 is 0 Å². The number of benzene rings is 1. The monoisotopic (exact) mass is 240 g/mol. The van der Waals surface area contributed by atoms with Crippen LogP contribution in [0.5, 0.6) is 0 Å². The molecule has 0 spiro atoms. The molecule has 0 saturated carbocycles. The first-order valence-electron chi connectivity index (χ1n) is 5.86. The van der Waals surface area contributed by atoms with Crippen LogP contribution in [-0.4, -0.2) is 15.6 Å². The molecule has 0 fully saturated rings. The van der Waals surface area contributed by atoms with Gasteiger partial charge in [0, 0.05) is 13.2 Å². The molecule has 0 saturated heterocycles. The summed E-state index contributed by atoms with van der Waals surface area (Å²) in [6.07, 6.45) is 5.20. The normalized spacial score (nSPS) is 11.1. The molecule has 0 aliphatic carbocycles. The van der Waals surface area contributed by atoms with Crippen LogP contribution in [-0.2, 0) is 7.05 Å². The average Bonchev–Trinajstić information content (AvgIpc) is 2.67. The van der Waals surface area contributed by atoms with Gasteiger partial charge in [-0.3, -0.25) is 9.48 Å². The van der Waals surface area contributed by atoms with E-state index in [0.29, 0.717) is 5.56 Å². The maximum absolute atomic E-state index is 12.0. The van der Waals surface area contributed by atoms with Gasteiger partial charge in [-0.15, -0.1) is 0 Å². The summed E-state index contributed by atoms with van der Waals surface area (Å²) < 4.78 is 1.66. The number of ketones is 1. The maximum Gasteiger partial charge on any atom is 0.189 e. The lowest BCUT2D eigenvalue weighted by atomic mass is 10.1. The van der Waals surface area contributed by atoms with Crippen LogP contribution < -0.4 is 0 Å². The first-order chi connectivity index (χ1) is 8.58. The number of aromatic nitrogens is 2. The fourth-order valence-electron chi connectivity index (χ4n) is 1.87. The van der Waals surface area contributed by atoms with Gasteiger partial charge in [0.25, 0.3) is 0 Å². The van der Waals surface area contributed by atoms with E-state index in [-0.39, 0.29) is 5.78 Å². The first kappa shape index (κ1) is 12.3. The Kier molecular flexibility index (Phi) is 3.42. The third-order valence-corrected chi connectivity index (χ3v) is 2.88. The highest BCUT2D eigenvalue weighted by Gasteiger charge is 2.09. The molecule has 1 aromatic heterocycles. The summed E-state index contributed by atoms with van der Waals surface area (Å²) in [7, 11) is 1.81.